The summed E-state index contributed by atoms with van der Waals surface area (Å²) in [5.41, 5.74) is -0.846. The third-order valence-electron chi connectivity index (χ3n) is 4.61. The number of nitrogens with one attached hydrogen (secondary N) is 2. The second-order valence-electron chi connectivity index (χ2n) is 7.45. The van der Waals surface area contributed by atoms with Gasteiger partial charge < -0.3 is 25.0 Å². The van der Waals surface area contributed by atoms with Crippen molar-refractivity contribution in [3.05, 3.63) is 34.7 Å². The molecule has 0 bridgehead atoms. The van der Waals surface area contributed by atoms with Crippen LogP contribution in [0.3, 0.4) is 0 Å². The molecule has 158 valence electrons. The van der Waals surface area contributed by atoms with Crippen molar-refractivity contribution >= 4 is 5.96 Å². The molecule has 1 saturated heterocycles. The molecule has 8 heteroatoms. The van der Waals surface area contributed by atoms with E-state index in [1.165, 1.54) is 0 Å². The number of aliphatic imine (C=N–C) groups is 1. The van der Waals surface area contributed by atoms with E-state index in [4.69, 9.17) is 4.74 Å². The number of rotatable bonds is 10. The Kier molecular flexibility index (Phi) is 9.46. The molecule has 0 aliphatic carbocycles. The van der Waals surface area contributed by atoms with Crippen LogP contribution >= 0.6 is 0 Å². The van der Waals surface area contributed by atoms with Gasteiger partial charge in [0.1, 0.15) is 0 Å². The topological polar surface area (TPSA) is 91.1 Å². The van der Waals surface area contributed by atoms with E-state index in [0.717, 1.165) is 52.2 Å². The Balaban J connectivity index is 1.73. The summed E-state index contributed by atoms with van der Waals surface area (Å²) in [5, 5.41) is 17.2. The van der Waals surface area contributed by atoms with Crippen molar-refractivity contribution in [1.82, 2.24) is 20.1 Å². The molecule has 1 fully saturated rings. The maximum atomic E-state index is 11.7. The number of aryl methyl sites for hydroxylation is 1. The fourth-order valence-corrected chi connectivity index (χ4v) is 3.14. The van der Waals surface area contributed by atoms with Gasteiger partial charge in [-0.15, -0.1) is 0 Å². The number of β-amino-alcohol motifs (C(OH)–C–C–N with tert-alkyl or cyclic N) is 1. The summed E-state index contributed by atoms with van der Waals surface area (Å²) >= 11 is 0. The van der Waals surface area contributed by atoms with Crippen LogP contribution in [0.15, 0.2) is 34.2 Å². The summed E-state index contributed by atoms with van der Waals surface area (Å²) in [6.45, 7) is 10.1. The van der Waals surface area contributed by atoms with Crippen LogP contribution in [0, 0.1) is 0 Å². The Labute approximate surface area is 167 Å². The lowest BCUT2D eigenvalue weighted by Gasteiger charge is -2.33. The number of nitrogens with zero attached hydrogens (tertiary/aromatic N) is 3. The summed E-state index contributed by atoms with van der Waals surface area (Å²) in [6.07, 6.45) is 3.65. The van der Waals surface area contributed by atoms with Crippen LogP contribution in [0.25, 0.3) is 0 Å². The number of pyridine rings is 1. The highest BCUT2D eigenvalue weighted by Gasteiger charge is 2.25. The first-order chi connectivity index (χ1) is 13.5. The number of guanidine groups is 1. The average molecular weight is 394 g/mol. The molecular weight excluding hydrogens is 358 g/mol. The lowest BCUT2D eigenvalue weighted by molar-refractivity contribution is -0.0179. The Morgan fingerprint density at radius 3 is 2.79 bits per heavy atom. The fraction of sp³-hybridized carbons (Fsp3) is 0.700. The van der Waals surface area contributed by atoms with Crippen molar-refractivity contribution in [3.63, 3.8) is 0 Å². The van der Waals surface area contributed by atoms with Gasteiger partial charge >= 0.3 is 0 Å². The second kappa shape index (κ2) is 11.8. The van der Waals surface area contributed by atoms with Crippen LogP contribution in [-0.4, -0.2) is 78.6 Å². The molecule has 1 aliphatic heterocycles. The highest BCUT2D eigenvalue weighted by Crippen LogP contribution is 2.09. The van der Waals surface area contributed by atoms with Crippen molar-refractivity contribution in [1.29, 1.82) is 0 Å². The second-order valence-corrected chi connectivity index (χ2v) is 7.45. The zero-order chi connectivity index (χ0) is 20.2. The molecule has 3 N–H and O–H groups in total. The van der Waals surface area contributed by atoms with Crippen molar-refractivity contribution in [2.24, 2.45) is 4.99 Å². The number of aromatic nitrogens is 1. The Bertz CT molecular complexity index is 653. The Morgan fingerprint density at radius 1 is 1.29 bits per heavy atom. The molecule has 1 aromatic rings. The van der Waals surface area contributed by atoms with E-state index in [-0.39, 0.29) is 5.56 Å². The van der Waals surface area contributed by atoms with Gasteiger partial charge in [0.25, 0.3) is 0 Å². The first-order valence-corrected chi connectivity index (χ1v) is 10.2. The van der Waals surface area contributed by atoms with Crippen molar-refractivity contribution in [2.75, 3.05) is 52.5 Å². The number of unbranched alkanes of at least 4 members (excludes halogenated alkanes) is 1. The maximum absolute atomic E-state index is 11.7. The van der Waals surface area contributed by atoms with Crippen LogP contribution in [-0.2, 0) is 11.3 Å². The zero-order valence-electron chi connectivity index (χ0n) is 17.2. The predicted octanol–water partition coefficient (Wildman–Crippen LogP) is 0.267. The first kappa shape index (κ1) is 22.4. The molecule has 0 spiro atoms. The van der Waals surface area contributed by atoms with Crippen molar-refractivity contribution < 1.29 is 9.84 Å². The van der Waals surface area contributed by atoms with Crippen LogP contribution in [0.1, 0.15) is 26.7 Å². The number of ether oxygens (including phenoxy) is 1. The van der Waals surface area contributed by atoms with E-state index >= 15 is 0 Å². The van der Waals surface area contributed by atoms with E-state index in [1.807, 2.05) is 26.1 Å². The zero-order valence-corrected chi connectivity index (χ0v) is 17.2. The van der Waals surface area contributed by atoms with Crippen LogP contribution in [0.5, 0.6) is 0 Å². The van der Waals surface area contributed by atoms with E-state index in [2.05, 4.69) is 20.5 Å². The number of hydrogen-bond donors (Lipinski definition) is 3. The number of aliphatic hydroxyl groups is 1. The molecule has 1 unspecified atom stereocenters. The number of morpholine rings is 1. The Hall–Kier alpha value is -1.90. The largest absolute Gasteiger partial charge is 0.387 e. The van der Waals surface area contributed by atoms with Gasteiger partial charge in [-0.25, -0.2) is 0 Å². The van der Waals surface area contributed by atoms with E-state index in [1.54, 1.807) is 16.7 Å². The fourth-order valence-electron chi connectivity index (χ4n) is 3.14. The summed E-state index contributed by atoms with van der Waals surface area (Å²) in [7, 11) is 0. The van der Waals surface area contributed by atoms with Crippen LogP contribution in [0.4, 0.5) is 0 Å². The summed E-state index contributed by atoms with van der Waals surface area (Å²) in [6, 6.07) is 5.21. The van der Waals surface area contributed by atoms with Gasteiger partial charge in [-0.3, -0.25) is 14.7 Å². The van der Waals surface area contributed by atoms with Gasteiger partial charge in [-0.05, 0) is 32.8 Å². The molecule has 28 heavy (non-hydrogen) atoms. The molecule has 1 aromatic heterocycles. The highest BCUT2D eigenvalue weighted by molar-refractivity contribution is 5.79. The van der Waals surface area contributed by atoms with E-state index in [0.29, 0.717) is 25.6 Å². The van der Waals surface area contributed by atoms with E-state index < -0.39 is 5.60 Å². The van der Waals surface area contributed by atoms with Gasteiger partial charge in [-0.2, -0.15) is 0 Å². The monoisotopic (exact) mass is 393 g/mol. The summed E-state index contributed by atoms with van der Waals surface area (Å²) in [5.74, 6) is 0.710. The van der Waals surface area contributed by atoms with Gasteiger partial charge in [0.05, 0.1) is 25.4 Å². The molecule has 8 nitrogen and oxygen atoms in total. The number of hydrogen-bond acceptors (Lipinski definition) is 5. The van der Waals surface area contributed by atoms with Crippen LogP contribution < -0.4 is 16.2 Å². The normalized spacial score (nSPS) is 17.9. The van der Waals surface area contributed by atoms with Crippen molar-refractivity contribution in [2.45, 2.75) is 38.8 Å². The third-order valence-corrected chi connectivity index (χ3v) is 4.61. The lowest BCUT2D eigenvalue weighted by Crippen LogP contribution is -2.48. The minimum Gasteiger partial charge on any atom is -0.387 e. The van der Waals surface area contributed by atoms with Gasteiger partial charge in [0.15, 0.2) is 5.96 Å². The molecule has 1 aliphatic rings. The molecule has 0 saturated carbocycles. The average Bonchev–Trinajstić information content (AvgIpc) is 2.67. The molecule has 2 heterocycles. The third kappa shape index (κ3) is 8.41. The standard InChI is InChI=1S/C20H35N5O3/c1-3-21-19(22-9-5-7-11-25-10-6-4-8-18(25)26)23-16-20(2,27)17-24-12-14-28-15-13-24/h4,6,8,10,27H,3,5,7,9,11-17H2,1-2H3,(H2,21,22,23). The SMILES string of the molecule is CCNC(=NCC(C)(O)CN1CCOCC1)NCCCCn1ccccc1=O. The smallest absolute Gasteiger partial charge is 0.250 e. The molecular formula is C20H35N5O3. The van der Waals surface area contributed by atoms with Gasteiger partial charge in [0.2, 0.25) is 5.56 Å². The van der Waals surface area contributed by atoms with E-state index in [9.17, 15) is 9.90 Å². The molecule has 1 atom stereocenters. The lowest BCUT2D eigenvalue weighted by atomic mass is 10.1. The van der Waals surface area contributed by atoms with Gasteiger partial charge in [-0.1, -0.05) is 6.07 Å². The summed E-state index contributed by atoms with van der Waals surface area (Å²) in [4.78, 5) is 18.4. The van der Waals surface area contributed by atoms with Crippen molar-refractivity contribution in [3.8, 4) is 0 Å². The van der Waals surface area contributed by atoms with Crippen LogP contribution in [0.2, 0.25) is 0 Å². The maximum Gasteiger partial charge on any atom is 0.250 e. The molecule has 0 radical (unpaired) electrons. The molecule has 2 rings (SSSR count). The quantitative estimate of drug-likeness (QED) is 0.300. The predicted molar refractivity (Wildman–Crippen MR) is 112 cm³/mol. The Morgan fingerprint density at radius 2 is 2.07 bits per heavy atom. The minimum absolute atomic E-state index is 0.0351. The minimum atomic E-state index is -0.881. The first-order valence-electron chi connectivity index (χ1n) is 10.2. The summed E-state index contributed by atoms with van der Waals surface area (Å²) < 4.78 is 7.08. The molecule has 0 amide bonds. The molecule has 0 aromatic carbocycles. The van der Waals surface area contributed by atoms with Gasteiger partial charge in [0, 0.05) is 51.5 Å². The highest BCUT2D eigenvalue weighted by atomic mass is 16.5.